The number of carbonyl (C=O) groups excluding carboxylic acids is 1. The number of ether oxygens (including phenoxy) is 1. The second-order valence-corrected chi connectivity index (χ2v) is 8.23. The Morgan fingerprint density at radius 3 is 2.67 bits per heavy atom. The summed E-state index contributed by atoms with van der Waals surface area (Å²) in [7, 11) is 0. The summed E-state index contributed by atoms with van der Waals surface area (Å²) >= 11 is 0. The zero-order valence-electron chi connectivity index (χ0n) is 16.4. The number of halogens is 2. The van der Waals surface area contributed by atoms with Crippen molar-refractivity contribution >= 4 is 11.9 Å². The molecule has 10 heteroatoms. The molecule has 0 unspecified atom stereocenters. The van der Waals surface area contributed by atoms with Crippen molar-refractivity contribution in [2.45, 2.75) is 37.2 Å². The van der Waals surface area contributed by atoms with Crippen molar-refractivity contribution in [1.82, 2.24) is 24.8 Å². The number of rotatable bonds is 2. The molecule has 5 rings (SSSR count). The van der Waals surface area contributed by atoms with E-state index in [-0.39, 0.29) is 31.8 Å². The SMILES string of the molecule is O=C(c1cnccn1)N1CC[C@]2(COCc3cnc(N4CCC(F)(F)CC4)nc32)C1. The normalized spacial score (nSPS) is 25.4. The summed E-state index contributed by atoms with van der Waals surface area (Å²) in [6.45, 7) is 2.35. The molecular weight excluding hydrogens is 394 g/mol. The fourth-order valence-corrected chi connectivity index (χ4v) is 4.50. The molecule has 2 aromatic rings. The molecule has 3 aliphatic heterocycles. The van der Waals surface area contributed by atoms with Gasteiger partial charge in [-0.15, -0.1) is 0 Å². The van der Waals surface area contributed by atoms with E-state index in [1.165, 1.54) is 18.6 Å². The zero-order valence-corrected chi connectivity index (χ0v) is 16.4. The average molecular weight is 416 g/mol. The van der Waals surface area contributed by atoms with Crippen LogP contribution in [0, 0.1) is 0 Å². The van der Waals surface area contributed by atoms with Crippen LogP contribution in [0.15, 0.2) is 24.8 Å². The molecule has 2 fully saturated rings. The number of nitrogens with zero attached hydrogens (tertiary/aromatic N) is 6. The van der Waals surface area contributed by atoms with Gasteiger partial charge in [-0.1, -0.05) is 0 Å². The minimum absolute atomic E-state index is 0.167. The second kappa shape index (κ2) is 7.19. The maximum absolute atomic E-state index is 13.5. The van der Waals surface area contributed by atoms with E-state index in [1.807, 2.05) is 4.90 Å². The standard InChI is InChI=1S/C20H22F2N6O2/c21-20(22)2-7-27(8-3-20)18-25-9-14-11-30-13-19(16(14)26-18)1-6-28(12-19)17(29)15-10-23-4-5-24-15/h4-5,9-10H,1-3,6-8,11-13H2/t19-/m1/s1. The van der Waals surface area contributed by atoms with Crippen molar-refractivity contribution in [1.29, 1.82) is 0 Å². The lowest BCUT2D eigenvalue weighted by molar-refractivity contribution is -0.0223. The Hall–Kier alpha value is -2.75. The number of hydrogen-bond acceptors (Lipinski definition) is 7. The van der Waals surface area contributed by atoms with E-state index in [4.69, 9.17) is 9.72 Å². The number of carbonyl (C=O) groups is 1. The van der Waals surface area contributed by atoms with E-state index in [9.17, 15) is 13.6 Å². The Morgan fingerprint density at radius 1 is 1.07 bits per heavy atom. The van der Waals surface area contributed by atoms with Crippen LogP contribution in [-0.4, -0.2) is 69.5 Å². The Labute approximate surface area is 172 Å². The maximum Gasteiger partial charge on any atom is 0.274 e. The number of aromatic nitrogens is 4. The summed E-state index contributed by atoms with van der Waals surface area (Å²) in [4.78, 5) is 33.7. The molecule has 0 N–H and O–H groups in total. The number of piperidine rings is 1. The zero-order chi connectivity index (χ0) is 20.8. The molecule has 1 atom stereocenters. The van der Waals surface area contributed by atoms with Gasteiger partial charge >= 0.3 is 0 Å². The molecule has 0 radical (unpaired) electrons. The Balaban J connectivity index is 1.40. The van der Waals surface area contributed by atoms with Crippen LogP contribution >= 0.6 is 0 Å². The van der Waals surface area contributed by atoms with Crippen molar-refractivity contribution in [2.75, 3.05) is 37.7 Å². The van der Waals surface area contributed by atoms with Gasteiger partial charge in [0, 0.05) is 63.2 Å². The largest absolute Gasteiger partial charge is 0.376 e. The lowest BCUT2D eigenvalue weighted by Crippen LogP contribution is -2.43. The Kier molecular flexibility index (Phi) is 4.61. The minimum atomic E-state index is -2.62. The molecule has 30 heavy (non-hydrogen) atoms. The van der Waals surface area contributed by atoms with Gasteiger partial charge in [0.15, 0.2) is 0 Å². The number of amides is 1. The first kappa shape index (κ1) is 19.2. The van der Waals surface area contributed by atoms with Crippen molar-refractivity contribution in [3.63, 3.8) is 0 Å². The van der Waals surface area contributed by atoms with Crippen molar-refractivity contribution in [3.05, 3.63) is 41.7 Å². The van der Waals surface area contributed by atoms with E-state index in [0.29, 0.717) is 44.4 Å². The average Bonchev–Trinajstić information content (AvgIpc) is 3.19. The minimum Gasteiger partial charge on any atom is -0.376 e. The first-order valence-electron chi connectivity index (χ1n) is 10.1. The Bertz CT molecular complexity index is 950. The molecule has 8 nitrogen and oxygen atoms in total. The summed E-state index contributed by atoms with van der Waals surface area (Å²) in [5, 5.41) is 0. The van der Waals surface area contributed by atoms with Crippen LogP contribution in [0.5, 0.6) is 0 Å². The third-order valence-electron chi connectivity index (χ3n) is 6.19. The van der Waals surface area contributed by atoms with Crippen molar-refractivity contribution < 1.29 is 18.3 Å². The van der Waals surface area contributed by atoms with Gasteiger partial charge in [0.25, 0.3) is 11.8 Å². The molecule has 0 saturated carbocycles. The molecule has 5 heterocycles. The van der Waals surface area contributed by atoms with Gasteiger partial charge < -0.3 is 14.5 Å². The summed E-state index contributed by atoms with van der Waals surface area (Å²) in [6.07, 6.45) is 6.55. The van der Waals surface area contributed by atoms with Gasteiger partial charge in [0.1, 0.15) is 5.69 Å². The van der Waals surface area contributed by atoms with Gasteiger partial charge in [0.2, 0.25) is 5.95 Å². The monoisotopic (exact) mass is 416 g/mol. The predicted molar refractivity (Wildman–Crippen MR) is 102 cm³/mol. The molecule has 0 bridgehead atoms. The van der Waals surface area contributed by atoms with E-state index in [0.717, 1.165) is 11.3 Å². The Morgan fingerprint density at radius 2 is 1.90 bits per heavy atom. The third-order valence-corrected chi connectivity index (χ3v) is 6.19. The molecule has 158 valence electrons. The second-order valence-electron chi connectivity index (χ2n) is 8.23. The molecule has 3 aliphatic rings. The number of hydrogen-bond donors (Lipinski definition) is 0. The first-order valence-corrected chi connectivity index (χ1v) is 10.1. The molecular formula is C20H22F2N6O2. The number of alkyl halides is 2. The van der Waals surface area contributed by atoms with Crippen LogP contribution in [0.25, 0.3) is 0 Å². The van der Waals surface area contributed by atoms with E-state index in [1.54, 1.807) is 11.1 Å². The molecule has 0 aliphatic carbocycles. The van der Waals surface area contributed by atoms with E-state index < -0.39 is 11.3 Å². The van der Waals surface area contributed by atoms with Gasteiger partial charge in [-0.2, -0.15) is 0 Å². The highest BCUT2D eigenvalue weighted by atomic mass is 19.3. The van der Waals surface area contributed by atoms with E-state index in [2.05, 4.69) is 15.0 Å². The lowest BCUT2D eigenvalue weighted by atomic mass is 9.80. The highest BCUT2D eigenvalue weighted by molar-refractivity contribution is 5.92. The smallest absolute Gasteiger partial charge is 0.274 e. The molecule has 1 spiro atoms. The maximum atomic E-state index is 13.5. The number of likely N-dealkylation sites (tertiary alicyclic amines) is 1. The molecule has 2 saturated heterocycles. The highest BCUT2D eigenvalue weighted by Crippen LogP contribution is 2.40. The third kappa shape index (κ3) is 3.38. The topological polar surface area (TPSA) is 84.3 Å². The quantitative estimate of drug-likeness (QED) is 0.738. The predicted octanol–water partition coefficient (Wildman–Crippen LogP) is 1.82. The lowest BCUT2D eigenvalue weighted by Gasteiger charge is -2.36. The van der Waals surface area contributed by atoms with Crippen LogP contribution in [0.3, 0.4) is 0 Å². The van der Waals surface area contributed by atoms with Crippen LogP contribution < -0.4 is 4.90 Å². The number of fused-ring (bicyclic) bond motifs is 2. The molecule has 0 aromatic carbocycles. The van der Waals surface area contributed by atoms with Crippen LogP contribution in [0.4, 0.5) is 14.7 Å². The van der Waals surface area contributed by atoms with Crippen LogP contribution in [-0.2, 0) is 16.8 Å². The van der Waals surface area contributed by atoms with Gasteiger partial charge in [0.05, 0.1) is 30.5 Å². The fraction of sp³-hybridized carbons (Fsp3) is 0.550. The fourth-order valence-electron chi connectivity index (χ4n) is 4.50. The van der Waals surface area contributed by atoms with Gasteiger partial charge in [-0.05, 0) is 6.42 Å². The highest BCUT2D eigenvalue weighted by Gasteiger charge is 2.47. The summed E-state index contributed by atoms with van der Waals surface area (Å²) in [5.41, 5.74) is 1.64. The van der Waals surface area contributed by atoms with Gasteiger partial charge in [-0.25, -0.2) is 23.7 Å². The van der Waals surface area contributed by atoms with E-state index >= 15 is 0 Å². The molecule has 2 aromatic heterocycles. The van der Waals surface area contributed by atoms with Crippen molar-refractivity contribution in [2.24, 2.45) is 0 Å². The summed E-state index contributed by atoms with van der Waals surface area (Å²) in [6, 6.07) is 0. The first-order chi connectivity index (χ1) is 14.5. The van der Waals surface area contributed by atoms with Crippen LogP contribution in [0.2, 0.25) is 0 Å². The molecule has 1 amide bonds. The summed E-state index contributed by atoms with van der Waals surface area (Å²) in [5.74, 6) is -2.31. The van der Waals surface area contributed by atoms with Crippen molar-refractivity contribution in [3.8, 4) is 0 Å². The number of anilines is 1. The summed E-state index contributed by atoms with van der Waals surface area (Å²) < 4.78 is 32.9. The van der Waals surface area contributed by atoms with Gasteiger partial charge in [-0.3, -0.25) is 9.78 Å². The van der Waals surface area contributed by atoms with Crippen LogP contribution in [0.1, 0.15) is 41.0 Å².